The number of hydrogen-bond acceptors (Lipinski definition) is 14. The number of benzene rings is 2. The standard InChI is InChI=1S/C44H61N11O14/c1-21(2)13-29(53-43(67)37(23(4)57)55-41(65)30(50-35(60)17-45)15-25-18-47-28-8-6-5-7-27(25)28)39(63)52-31(16-34(46)59)40(64)54-33(20-56)42(66)49-22(3)38(62)48-19-36(61)51-32(44(68)69)14-24-9-11-26(58)12-10-24/h5-12,18,21-23,29-33,37,47,56-58H,13-17,19-20,45H2,1-4H3,(H2,46,59)(H,48,62)(H,49,66)(H,50,60)(H,51,61)(H,52,63)(H,53,67)(H,54,64)(H,55,65)(H,68,69)/t22-,23+,29-,30-,31-,32-,33-,37-/m0/s1. The van der Waals surface area contributed by atoms with Crippen LogP contribution in [0.15, 0.2) is 54.7 Å². The first kappa shape index (κ1) is 55.7. The minimum Gasteiger partial charge on any atom is -0.508 e. The molecule has 0 radical (unpaired) electrons. The smallest absolute Gasteiger partial charge is 0.326 e. The minimum atomic E-state index is -1.80. The Morgan fingerprint density at radius 3 is 1.83 bits per heavy atom. The number of aliphatic hydroxyl groups is 2. The SMILES string of the molecule is CC(C)C[C@H](NC(=O)[C@@H](NC(=O)[C@H](Cc1c[nH]c2ccccc12)NC(=O)CN)[C@@H](C)O)C(=O)N[C@@H](CC(N)=O)C(=O)N[C@@H](CO)C(=O)N[C@@H](C)C(=O)NCC(=O)N[C@@H](Cc1ccc(O)cc1)C(=O)O. The number of para-hydroxylation sites is 1. The van der Waals surface area contributed by atoms with Crippen LogP contribution in [0, 0.1) is 5.92 Å². The minimum absolute atomic E-state index is 0.0458. The van der Waals surface area contributed by atoms with E-state index in [1.54, 1.807) is 38.2 Å². The van der Waals surface area contributed by atoms with Gasteiger partial charge in [0.05, 0.1) is 32.2 Å². The Hall–Kier alpha value is -7.64. The Morgan fingerprint density at radius 1 is 0.652 bits per heavy atom. The van der Waals surface area contributed by atoms with Crippen molar-refractivity contribution >= 4 is 70.0 Å². The van der Waals surface area contributed by atoms with Crippen molar-refractivity contribution in [3.63, 3.8) is 0 Å². The van der Waals surface area contributed by atoms with Gasteiger partial charge in [-0.2, -0.15) is 0 Å². The number of hydrogen-bond donors (Lipinski definition) is 15. The number of amides is 9. The maximum absolute atomic E-state index is 13.8. The molecule has 2 aromatic carbocycles. The van der Waals surface area contributed by atoms with Crippen molar-refractivity contribution in [2.45, 2.75) is 102 Å². The summed E-state index contributed by atoms with van der Waals surface area (Å²) in [6, 6.07) is 2.01. The number of aromatic amines is 1. The summed E-state index contributed by atoms with van der Waals surface area (Å²) in [6.07, 6.45) is -1.01. The highest BCUT2D eigenvalue weighted by Gasteiger charge is 2.35. The van der Waals surface area contributed by atoms with Crippen LogP contribution in [0.2, 0.25) is 0 Å². The molecule has 0 aliphatic carbocycles. The molecule has 0 bridgehead atoms. The number of fused-ring (bicyclic) bond motifs is 1. The molecule has 376 valence electrons. The highest BCUT2D eigenvalue weighted by molar-refractivity contribution is 5.99. The maximum atomic E-state index is 13.8. The average Bonchev–Trinajstić information content (AvgIpc) is 3.70. The van der Waals surface area contributed by atoms with Gasteiger partial charge in [0.25, 0.3) is 0 Å². The first-order valence-corrected chi connectivity index (χ1v) is 21.7. The van der Waals surface area contributed by atoms with Crippen LogP contribution in [0.25, 0.3) is 10.9 Å². The van der Waals surface area contributed by atoms with E-state index in [0.717, 1.165) is 10.9 Å². The fraction of sp³-hybridized carbons (Fsp3) is 0.455. The number of carboxylic acids is 1. The number of carboxylic acid groups (broad SMARTS) is 1. The number of nitrogens with two attached hydrogens (primary N) is 2. The molecule has 25 nitrogen and oxygen atoms in total. The van der Waals surface area contributed by atoms with Gasteiger partial charge in [0, 0.05) is 29.9 Å². The van der Waals surface area contributed by atoms with Crippen molar-refractivity contribution in [2.75, 3.05) is 19.7 Å². The van der Waals surface area contributed by atoms with Crippen LogP contribution >= 0.6 is 0 Å². The third-order valence-electron chi connectivity index (χ3n) is 10.4. The van der Waals surface area contributed by atoms with E-state index in [4.69, 9.17) is 11.5 Å². The van der Waals surface area contributed by atoms with Gasteiger partial charge in [-0.3, -0.25) is 43.2 Å². The van der Waals surface area contributed by atoms with Crippen molar-refractivity contribution in [1.29, 1.82) is 0 Å². The fourth-order valence-electron chi connectivity index (χ4n) is 6.77. The number of aromatic hydroxyl groups is 1. The summed E-state index contributed by atoms with van der Waals surface area (Å²) in [4.78, 5) is 132. The molecule has 3 aromatic rings. The van der Waals surface area contributed by atoms with Gasteiger partial charge in [-0.05, 0) is 55.5 Å². The van der Waals surface area contributed by atoms with Gasteiger partial charge in [-0.1, -0.05) is 44.2 Å². The molecule has 0 aliphatic rings. The zero-order valence-electron chi connectivity index (χ0n) is 38.4. The molecule has 3 rings (SSSR count). The monoisotopic (exact) mass is 967 g/mol. The molecule has 17 N–H and O–H groups in total. The van der Waals surface area contributed by atoms with Gasteiger partial charge in [0.1, 0.15) is 48.0 Å². The number of phenolic OH excluding ortho intramolecular Hbond substituents is 1. The molecule has 1 heterocycles. The second-order valence-electron chi connectivity index (χ2n) is 16.6. The lowest BCUT2D eigenvalue weighted by molar-refractivity contribution is -0.141. The van der Waals surface area contributed by atoms with Crippen LogP contribution in [-0.4, -0.2) is 153 Å². The van der Waals surface area contributed by atoms with Gasteiger partial charge in [0.2, 0.25) is 53.2 Å². The number of aliphatic carboxylic acids is 1. The number of aliphatic hydroxyl groups excluding tert-OH is 2. The van der Waals surface area contributed by atoms with E-state index in [-0.39, 0.29) is 30.9 Å². The zero-order chi connectivity index (χ0) is 51.5. The van der Waals surface area contributed by atoms with E-state index in [1.165, 1.54) is 38.1 Å². The third-order valence-corrected chi connectivity index (χ3v) is 10.4. The quantitative estimate of drug-likeness (QED) is 0.0343. The largest absolute Gasteiger partial charge is 0.508 e. The van der Waals surface area contributed by atoms with E-state index in [1.807, 2.05) is 6.07 Å². The first-order valence-electron chi connectivity index (χ1n) is 21.7. The summed E-state index contributed by atoms with van der Waals surface area (Å²) in [5.41, 5.74) is 12.8. The molecule has 25 heteroatoms. The van der Waals surface area contributed by atoms with E-state index >= 15 is 0 Å². The Morgan fingerprint density at radius 2 is 1.23 bits per heavy atom. The summed E-state index contributed by atoms with van der Waals surface area (Å²) in [5.74, 6) is -10.6. The Bertz CT molecular complexity index is 2320. The van der Waals surface area contributed by atoms with Crippen LogP contribution in [0.1, 0.15) is 51.7 Å². The van der Waals surface area contributed by atoms with Crippen molar-refractivity contribution < 1.29 is 68.4 Å². The van der Waals surface area contributed by atoms with Gasteiger partial charge >= 0.3 is 5.97 Å². The molecule has 1 aromatic heterocycles. The number of H-pyrrole nitrogens is 1. The van der Waals surface area contributed by atoms with Crippen LogP contribution in [0.4, 0.5) is 0 Å². The van der Waals surface area contributed by atoms with Crippen LogP contribution in [0.5, 0.6) is 5.75 Å². The summed E-state index contributed by atoms with van der Waals surface area (Å²) >= 11 is 0. The number of carbonyl (C=O) groups excluding carboxylic acids is 9. The van der Waals surface area contributed by atoms with Crippen LogP contribution in [-0.2, 0) is 60.8 Å². The number of phenols is 1. The number of carbonyl (C=O) groups is 10. The lowest BCUT2D eigenvalue weighted by Crippen LogP contribution is -2.62. The molecule has 8 atom stereocenters. The molecule has 69 heavy (non-hydrogen) atoms. The predicted octanol–water partition coefficient (Wildman–Crippen LogP) is -4.47. The molecule has 0 unspecified atom stereocenters. The third kappa shape index (κ3) is 17.8. The maximum Gasteiger partial charge on any atom is 0.326 e. The summed E-state index contributed by atoms with van der Waals surface area (Å²) < 4.78 is 0. The molecule has 0 fully saturated rings. The van der Waals surface area contributed by atoms with Crippen LogP contribution in [0.3, 0.4) is 0 Å². The second kappa shape index (κ2) is 26.6. The molecular weight excluding hydrogens is 907 g/mol. The van der Waals surface area contributed by atoms with Crippen molar-refractivity contribution in [3.05, 3.63) is 65.9 Å². The Labute approximate surface area is 395 Å². The van der Waals surface area contributed by atoms with E-state index in [0.29, 0.717) is 11.1 Å². The number of rotatable bonds is 27. The molecule has 0 spiro atoms. The van der Waals surface area contributed by atoms with Gasteiger partial charge < -0.3 is 79.4 Å². The van der Waals surface area contributed by atoms with Gasteiger partial charge in [-0.15, -0.1) is 0 Å². The van der Waals surface area contributed by atoms with Crippen LogP contribution < -0.4 is 54.0 Å². The topological polar surface area (TPSA) is 416 Å². The van der Waals surface area contributed by atoms with Crippen molar-refractivity contribution in [1.82, 2.24) is 47.5 Å². The number of nitrogens with one attached hydrogen (secondary N) is 9. The summed E-state index contributed by atoms with van der Waals surface area (Å²) in [6.45, 7) is 3.56. The van der Waals surface area contributed by atoms with E-state index in [9.17, 15) is 68.4 Å². The zero-order valence-corrected chi connectivity index (χ0v) is 38.4. The van der Waals surface area contributed by atoms with Gasteiger partial charge in [0.15, 0.2) is 0 Å². The second-order valence-corrected chi connectivity index (χ2v) is 16.6. The van der Waals surface area contributed by atoms with Crippen molar-refractivity contribution in [3.8, 4) is 5.75 Å². The predicted molar refractivity (Wildman–Crippen MR) is 245 cm³/mol. The average molecular weight is 968 g/mol. The van der Waals surface area contributed by atoms with E-state index in [2.05, 4.69) is 47.5 Å². The van der Waals surface area contributed by atoms with Crippen molar-refractivity contribution in [2.24, 2.45) is 17.4 Å². The van der Waals surface area contributed by atoms with E-state index < -0.39 is 134 Å². The highest BCUT2D eigenvalue weighted by Crippen LogP contribution is 2.19. The molecule has 0 saturated carbocycles. The molecule has 9 amide bonds. The normalized spacial score (nSPS) is 14.6. The number of aromatic nitrogens is 1. The Kier molecular flexibility index (Phi) is 21.5. The Balaban J connectivity index is 1.66. The van der Waals surface area contributed by atoms with Gasteiger partial charge in [-0.25, -0.2) is 4.79 Å². The first-order chi connectivity index (χ1) is 32.5. The highest BCUT2D eigenvalue weighted by atomic mass is 16.4. The number of primary amides is 1. The lowest BCUT2D eigenvalue weighted by atomic mass is 10.0. The fourth-order valence-corrected chi connectivity index (χ4v) is 6.77. The summed E-state index contributed by atoms with van der Waals surface area (Å²) in [7, 11) is 0. The summed E-state index contributed by atoms with van der Waals surface area (Å²) in [5, 5.41) is 59.0. The lowest BCUT2D eigenvalue weighted by Gasteiger charge is -2.28. The molecular formula is C44H61N11O14. The molecule has 0 saturated heterocycles. The molecule has 0 aliphatic heterocycles.